The smallest absolute Gasteiger partial charge is 0.113 e. The number of hydrogen-bond donors (Lipinski definition) is 1. The standard InChI is InChI=1S/C11H20FNO.ClH/c12-11(3-5-13-6-4-11)9-10-1-7-14-8-2-10;/h10,13H,1-9H2;1H. The van der Waals surface area contributed by atoms with Crippen molar-refractivity contribution in [3.63, 3.8) is 0 Å². The van der Waals surface area contributed by atoms with Gasteiger partial charge in [-0.15, -0.1) is 12.4 Å². The Morgan fingerprint density at radius 1 is 1.20 bits per heavy atom. The van der Waals surface area contributed by atoms with E-state index in [4.69, 9.17) is 4.74 Å². The number of piperidine rings is 1. The second-order valence-electron chi connectivity index (χ2n) is 4.66. The molecule has 0 atom stereocenters. The number of nitrogens with one attached hydrogen (secondary N) is 1. The average molecular weight is 238 g/mol. The molecule has 0 bridgehead atoms. The van der Waals surface area contributed by atoms with Gasteiger partial charge < -0.3 is 10.1 Å². The van der Waals surface area contributed by atoms with Crippen LogP contribution in [-0.4, -0.2) is 32.0 Å². The molecule has 0 aromatic carbocycles. The number of hydrogen-bond acceptors (Lipinski definition) is 2. The van der Waals surface area contributed by atoms with Gasteiger partial charge in [0.1, 0.15) is 5.67 Å². The second-order valence-corrected chi connectivity index (χ2v) is 4.66. The fourth-order valence-electron chi connectivity index (χ4n) is 2.55. The van der Waals surface area contributed by atoms with E-state index in [1.165, 1.54) is 0 Å². The fourth-order valence-corrected chi connectivity index (χ4v) is 2.55. The van der Waals surface area contributed by atoms with Gasteiger partial charge in [0.2, 0.25) is 0 Å². The van der Waals surface area contributed by atoms with Gasteiger partial charge in [-0.05, 0) is 51.1 Å². The summed E-state index contributed by atoms with van der Waals surface area (Å²) < 4.78 is 19.6. The summed E-state index contributed by atoms with van der Waals surface area (Å²) in [6, 6.07) is 0. The molecule has 2 heterocycles. The first-order valence-electron chi connectivity index (χ1n) is 5.76. The number of halogens is 2. The summed E-state index contributed by atoms with van der Waals surface area (Å²) in [6.45, 7) is 3.36. The highest BCUT2D eigenvalue weighted by Gasteiger charge is 2.34. The summed E-state index contributed by atoms with van der Waals surface area (Å²) >= 11 is 0. The molecule has 0 amide bonds. The predicted molar refractivity (Wildman–Crippen MR) is 61.4 cm³/mol. The van der Waals surface area contributed by atoms with E-state index in [2.05, 4.69) is 5.32 Å². The topological polar surface area (TPSA) is 21.3 Å². The second kappa shape index (κ2) is 6.02. The van der Waals surface area contributed by atoms with Gasteiger partial charge in [0, 0.05) is 13.2 Å². The Morgan fingerprint density at radius 2 is 1.80 bits per heavy atom. The maximum Gasteiger partial charge on any atom is 0.113 e. The zero-order valence-corrected chi connectivity index (χ0v) is 9.95. The predicted octanol–water partition coefficient (Wildman–Crippen LogP) is 2.32. The summed E-state index contributed by atoms with van der Waals surface area (Å²) in [4.78, 5) is 0. The van der Waals surface area contributed by atoms with E-state index in [1.807, 2.05) is 0 Å². The molecule has 2 fully saturated rings. The maximum atomic E-state index is 14.3. The van der Waals surface area contributed by atoms with Gasteiger partial charge in [0.05, 0.1) is 0 Å². The molecule has 2 saturated heterocycles. The molecule has 15 heavy (non-hydrogen) atoms. The SMILES string of the molecule is Cl.FC1(CC2CCOCC2)CCNCC1. The Bertz CT molecular complexity index is 179. The summed E-state index contributed by atoms with van der Waals surface area (Å²) in [5.41, 5.74) is -0.882. The van der Waals surface area contributed by atoms with E-state index >= 15 is 0 Å². The van der Waals surface area contributed by atoms with Crippen LogP contribution in [0.3, 0.4) is 0 Å². The minimum absolute atomic E-state index is 0. The van der Waals surface area contributed by atoms with Crippen LogP contribution in [0.25, 0.3) is 0 Å². The van der Waals surface area contributed by atoms with E-state index in [9.17, 15) is 4.39 Å². The van der Waals surface area contributed by atoms with E-state index in [0.717, 1.165) is 45.6 Å². The minimum atomic E-state index is -0.882. The normalized spacial score (nSPS) is 27.0. The quantitative estimate of drug-likeness (QED) is 0.796. The van der Waals surface area contributed by atoms with Gasteiger partial charge in [0.15, 0.2) is 0 Å². The first kappa shape index (κ1) is 13.2. The van der Waals surface area contributed by atoms with Gasteiger partial charge >= 0.3 is 0 Å². The molecule has 0 radical (unpaired) electrons. The van der Waals surface area contributed by atoms with Crippen LogP contribution in [0, 0.1) is 5.92 Å². The van der Waals surface area contributed by atoms with Gasteiger partial charge in [-0.1, -0.05) is 0 Å². The van der Waals surface area contributed by atoms with Crippen LogP contribution in [-0.2, 0) is 4.74 Å². The van der Waals surface area contributed by atoms with E-state index in [0.29, 0.717) is 18.8 Å². The van der Waals surface area contributed by atoms with Crippen molar-refractivity contribution < 1.29 is 9.13 Å². The number of alkyl halides is 1. The lowest BCUT2D eigenvalue weighted by molar-refractivity contribution is 0.0239. The molecule has 0 unspecified atom stereocenters. The van der Waals surface area contributed by atoms with Crippen molar-refractivity contribution in [1.82, 2.24) is 5.32 Å². The van der Waals surface area contributed by atoms with E-state index in [-0.39, 0.29) is 12.4 Å². The highest BCUT2D eigenvalue weighted by molar-refractivity contribution is 5.85. The first-order chi connectivity index (χ1) is 6.79. The third-order valence-electron chi connectivity index (χ3n) is 3.50. The molecule has 0 aromatic heterocycles. The Labute approximate surface area is 97.4 Å². The molecule has 4 heteroatoms. The summed E-state index contributed by atoms with van der Waals surface area (Å²) in [5, 5.41) is 3.21. The molecule has 0 spiro atoms. The van der Waals surface area contributed by atoms with Crippen molar-refractivity contribution in [2.45, 2.75) is 37.8 Å². The molecule has 1 N–H and O–H groups in total. The lowest BCUT2D eigenvalue weighted by Crippen LogP contribution is -2.40. The van der Waals surface area contributed by atoms with Gasteiger partial charge in [-0.25, -0.2) is 4.39 Å². The molecule has 0 aliphatic carbocycles. The van der Waals surface area contributed by atoms with Crippen LogP contribution < -0.4 is 5.32 Å². The molecule has 2 nitrogen and oxygen atoms in total. The van der Waals surface area contributed by atoms with Crippen molar-refractivity contribution in [2.75, 3.05) is 26.3 Å². The van der Waals surface area contributed by atoms with Crippen LogP contribution >= 0.6 is 12.4 Å². The first-order valence-corrected chi connectivity index (χ1v) is 5.76. The van der Waals surface area contributed by atoms with Gasteiger partial charge in [-0.3, -0.25) is 0 Å². The van der Waals surface area contributed by atoms with Crippen molar-refractivity contribution in [3.8, 4) is 0 Å². The third-order valence-corrected chi connectivity index (χ3v) is 3.50. The molecule has 2 rings (SSSR count). The van der Waals surface area contributed by atoms with Gasteiger partial charge in [0.25, 0.3) is 0 Å². The van der Waals surface area contributed by atoms with Crippen molar-refractivity contribution >= 4 is 12.4 Å². The largest absolute Gasteiger partial charge is 0.381 e. The van der Waals surface area contributed by atoms with Crippen LogP contribution in [0.5, 0.6) is 0 Å². The van der Waals surface area contributed by atoms with E-state index in [1.54, 1.807) is 0 Å². The van der Waals surface area contributed by atoms with Crippen molar-refractivity contribution in [3.05, 3.63) is 0 Å². The zero-order valence-electron chi connectivity index (χ0n) is 9.14. The molecular weight excluding hydrogens is 217 g/mol. The van der Waals surface area contributed by atoms with Crippen molar-refractivity contribution in [1.29, 1.82) is 0 Å². The van der Waals surface area contributed by atoms with E-state index < -0.39 is 5.67 Å². The summed E-state index contributed by atoms with van der Waals surface area (Å²) in [6.07, 6.45) is 4.27. The summed E-state index contributed by atoms with van der Waals surface area (Å²) in [5.74, 6) is 0.562. The molecule has 2 aliphatic heterocycles. The Hall–Kier alpha value is 0.140. The lowest BCUT2D eigenvalue weighted by Gasteiger charge is -2.34. The Balaban J connectivity index is 0.00000112. The highest BCUT2D eigenvalue weighted by atomic mass is 35.5. The lowest BCUT2D eigenvalue weighted by atomic mass is 9.82. The van der Waals surface area contributed by atoms with Crippen LogP contribution in [0.4, 0.5) is 4.39 Å². The highest BCUT2D eigenvalue weighted by Crippen LogP contribution is 2.34. The van der Waals surface area contributed by atoms with Gasteiger partial charge in [-0.2, -0.15) is 0 Å². The monoisotopic (exact) mass is 237 g/mol. The fraction of sp³-hybridized carbons (Fsp3) is 1.00. The molecule has 0 saturated carbocycles. The summed E-state index contributed by atoms with van der Waals surface area (Å²) in [7, 11) is 0. The minimum Gasteiger partial charge on any atom is -0.381 e. The molecular formula is C11H21ClFNO. The Kier molecular flexibility index (Phi) is 5.30. The third kappa shape index (κ3) is 3.89. The maximum absolute atomic E-state index is 14.3. The van der Waals surface area contributed by atoms with Crippen LogP contribution in [0.15, 0.2) is 0 Å². The number of rotatable bonds is 2. The Morgan fingerprint density at radius 3 is 2.40 bits per heavy atom. The van der Waals surface area contributed by atoms with Crippen LogP contribution in [0.2, 0.25) is 0 Å². The molecule has 0 aromatic rings. The number of ether oxygens (including phenoxy) is 1. The average Bonchev–Trinajstić information content (AvgIpc) is 2.19. The van der Waals surface area contributed by atoms with Crippen LogP contribution in [0.1, 0.15) is 32.1 Å². The zero-order chi connectivity index (χ0) is 9.86. The molecule has 90 valence electrons. The van der Waals surface area contributed by atoms with Crippen molar-refractivity contribution in [2.24, 2.45) is 5.92 Å². The molecule has 2 aliphatic rings.